The van der Waals surface area contributed by atoms with Gasteiger partial charge in [-0.1, -0.05) is 18.2 Å². The summed E-state index contributed by atoms with van der Waals surface area (Å²) in [5.41, 5.74) is 1.20. The number of nitrogens with one attached hydrogen (secondary N) is 1. The molecule has 1 saturated heterocycles. The summed E-state index contributed by atoms with van der Waals surface area (Å²) in [5, 5.41) is 4.59. The van der Waals surface area contributed by atoms with Crippen molar-refractivity contribution in [2.75, 3.05) is 19.6 Å². The van der Waals surface area contributed by atoms with Crippen molar-refractivity contribution in [1.29, 1.82) is 0 Å². The first-order chi connectivity index (χ1) is 9.74. The fourth-order valence-electron chi connectivity index (χ4n) is 2.87. The molecule has 0 unspecified atom stereocenters. The van der Waals surface area contributed by atoms with E-state index in [0.717, 1.165) is 26.2 Å². The first-order valence-corrected chi connectivity index (χ1v) is 7.29. The molecule has 1 aliphatic rings. The lowest BCUT2D eigenvalue weighted by atomic mass is 10.2. The van der Waals surface area contributed by atoms with E-state index >= 15 is 0 Å². The van der Waals surface area contributed by atoms with Gasteiger partial charge in [-0.3, -0.25) is 4.79 Å². The third-order valence-corrected chi connectivity index (χ3v) is 3.97. The van der Waals surface area contributed by atoms with Gasteiger partial charge in [0.25, 0.3) is 0 Å². The molecule has 1 N–H and O–H groups in total. The normalized spacial score (nSPS) is 19.4. The topological polar surface area (TPSA) is 37.3 Å². The lowest BCUT2D eigenvalue weighted by molar-refractivity contribution is -0.132. The van der Waals surface area contributed by atoms with Gasteiger partial charge in [0.05, 0.1) is 0 Å². The second-order valence-corrected chi connectivity index (χ2v) is 5.51. The Balaban J connectivity index is 1.63. The van der Waals surface area contributed by atoms with Crippen molar-refractivity contribution in [2.24, 2.45) is 0 Å². The number of carbonyl (C=O) groups excluding carboxylic acids is 1. The van der Waals surface area contributed by atoms with Crippen LogP contribution in [0, 0.1) is 0 Å². The summed E-state index contributed by atoms with van der Waals surface area (Å²) < 4.78 is 2.17. The van der Waals surface area contributed by atoms with Crippen LogP contribution < -0.4 is 5.32 Å². The molecule has 2 aromatic rings. The summed E-state index contributed by atoms with van der Waals surface area (Å²) in [5.74, 6) is 0.260. The third-order valence-electron chi connectivity index (χ3n) is 3.97. The second-order valence-electron chi connectivity index (χ2n) is 5.51. The van der Waals surface area contributed by atoms with Gasteiger partial charge in [0.2, 0.25) is 5.91 Å². The van der Waals surface area contributed by atoms with E-state index < -0.39 is 0 Å². The summed E-state index contributed by atoms with van der Waals surface area (Å²) >= 11 is 0. The molecule has 0 radical (unpaired) electrons. The van der Waals surface area contributed by atoms with Crippen molar-refractivity contribution in [3.05, 3.63) is 36.5 Å². The van der Waals surface area contributed by atoms with Gasteiger partial charge in [0.15, 0.2) is 0 Å². The minimum Gasteiger partial charge on any atom is -0.347 e. The van der Waals surface area contributed by atoms with Crippen LogP contribution in [0.4, 0.5) is 0 Å². The van der Waals surface area contributed by atoms with Gasteiger partial charge in [0, 0.05) is 50.4 Å². The second kappa shape index (κ2) is 5.67. The average molecular weight is 271 g/mol. The summed E-state index contributed by atoms with van der Waals surface area (Å²) in [6.07, 6.45) is 2.64. The molecule has 0 aliphatic carbocycles. The molecule has 1 atom stereocenters. The first kappa shape index (κ1) is 13.2. The van der Waals surface area contributed by atoms with E-state index in [-0.39, 0.29) is 5.91 Å². The van der Waals surface area contributed by atoms with Crippen LogP contribution in [0.1, 0.15) is 13.3 Å². The number of hydrogen-bond acceptors (Lipinski definition) is 2. The van der Waals surface area contributed by atoms with Crippen molar-refractivity contribution in [2.45, 2.75) is 25.9 Å². The van der Waals surface area contributed by atoms with Gasteiger partial charge in [-0.05, 0) is 24.4 Å². The summed E-state index contributed by atoms with van der Waals surface area (Å²) in [6, 6.07) is 10.8. The number of carbonyl (C=O) groups is 1. The van der Waals surface area contributed by atoms with Crippen LogP contribution >= 0.6 is 0 Å². The van der Waals surface area contributed by atoms with Crippen LogP contribution in [0.15, 0.2) is 36.5 Å². The molecule has 0 spiro atoms. The molecule has 3 rings (SSSR count). The van der Waals surface area contributed by atoms with Crippen molar-refractivity contribution in [1.82, 2.24) is 14.8 Å². The van der Waals surface area contributed by atoms with E-state index in [1.54, 1.807) is 0 Å². The van der Waals surface area contributed by atoms with Gasteiger partial charge >= 0.3 is 0 Å². The zero-order valence-electron chi connectivity index (χ0n) is 11.9. The molecule has 106 valence electrons. The summed E-state index contributed by atoms with van der Waals surface area (Å²) in [7, 11) is 0. The number of fused-ring (bicyclic) bond motifs is 1. The van der Waals surface area contributed by atoms with Gasteiger partial charge in [0.1, 0.15) is 0 Å². The summed E-state index contributed by atoms with van der Waals surface area (Å²) in [4.78, 5) is 14.2. The molecule has 1 fully saturated rings. The minimum absolute atomic E-state index is 0.260. The van der Waals surface area contributed by atoms with E-state index in [4.69, 9.17) is 0 Å². The highest BCUT2D eigenvalue weighted by Gasteiger charge is 2.20. The highest BCUT2D eigenvalue weighted by molar-refractivity contribution is 5.80. The third kappa shape index (κ3) is 2.70. The van der Waals surface area contributed by atoms with Crippen LogP contribution in [-0.2, 0) is 11.3 Å². The van der Waals surface area contributed by atoms with Crippen molar-refractivity contribution >= 4 is 16.8 Å². The molecule has 1 amide bonds. The van der Waals surface area contributed by atoms with E-state index in [1.165, 1.54) is 10.9 Å². The molecule has 4 heteroatoms. The van der Waals surface area contributed by atoms with E-state index in [9.17, 15) is 4.79 Å². The number of hydrogen-bond donors (Lipinski definition) is 1. The quantitative estimate of drug-likeness (QED) is 0.925. The van der Waals surface area contributed by atoms with Crippen LogP contribution in [-0.4, -0.2) is 41.1 Å². The Kier molecular flexibility index (Phi) is 3.74. The maximum atomic E-state index is 12.3. The number of piperazine rings is 1. The zero-order valence-corrected chi connectivity index (χ0v) is 11.9. The standard InChI is InChI=1S/C16H21N3O/c1-13-12-19(11-8-17-13)16(20)7-10-18-9-6-14-4-2-3-5-15(14)18/h2-6,9,13,17H,7-8,10-12H2,1H3/t13-/m1/s1. The largest absolute Gasteiger partial charge is 0.347 e. The number of aromatic nitrogens is 1. The Bertz CT molecular complexity index is 605. The van der Waals surface area contributed by atoms with Gasteiger partial charge in [-0.2, -0.15) is 0 Å². The highest BCUT2D eigenvalue weighted by atomic mass is 16.2. The number of aryl methyl sites for hydroxylation is 1. The molecule has 2 heterocycles. The van der Waals surface area contributed by atoms with Crippen LogP contribution in [0.3, 0.4) is 0 Å². The molecule has 1 aliphatic heterocycles. The molecule has 1 aromatic heterocycles. The number of amides is 1. The van der Waals surface area contributed by atoms with Crippen molar-refractivity contribution in [3.8, 4) is 0 Å². The van der Waals surface area contributed by atoms with E-state index in [2.05, 4.69) is 41.2 Å². The molecule has 0 bridgehead atoms. The molecule has 20 heavy (non-hydrogen) atoms. The highest BCUT2D eigenvalue weighted by Crippen LogP contribution is 2.15. The van der Waals surface area contributed by atoms with Gasteiger partial charge in [-0.15, -0.1) is 0 Å². The predicted octanol–water partition coefficient (Wildman–Crippen LogP) is 1.85. The minimum atomic E-state index is 0.260. The molecule has 0 saturated carbocycles. The monoisotopic (exact) mass is 271 g/mol. The zero-order chi connectivity index (χ0) is 13.9. The summed E-state index contributed by atoms with van der Waals surface area (Å²) in [6.45, 7) is 5.43. The van der Waals surface area contributed by atoms with Gasteiger partial charge < -0.3 is 14.8 Å². The predicted molar refractivity (Wildman–Crippen MR) is 80.6 cm³/mol. The average Bonchev–Trinajstić information content (AvgIpc) is 2.88. The van der Waals surface area contributed by atoms with Crippen molar-refractivity contribution in [3.63, 3.8) is 0 Å². The maximum Gasteiger partial charge on any atom is 0.224 e. The van der Waals surface area contributed by atoms with Crippen LogP contribution in [0.25, 0.3) is 10.9 Å². The Morgan fingerprint density at radius 1 is 1.35 bits per heavy atom. The lowest BCUT2D eigenvalue weighted by Crippen LogP contribution is -2.51. The van der Waals surface area contributed by atoms with E-state index in [0.29, 0.717) is 12.5 Å². The molecular weight excluding hydrogens is 250 g/mol. The number of rotatable bonds is 3. The first-order valence-electron chi connectivity index (χ1n) is 7.29. The SMILES string of the molecule is C[C@@H]1CN(C(=O)CCn2ccc3ccccc32)CCN1. The maximum absolute atomic E-state index is 12.3. The Morgan fingerprint density at radius 3 is 3.05 bits per heavy atom. The lowest BCUT2D eigenvalue weighted by Gasteiger charge is -2.32. The fraction of sp³-hybridized carbons (Fsp3) is 0.438. The molecule has 4 nitrogen and oxygen atoms in total. The molecule has 1 aromatic carbocycles. The van der Waals surface area contributed by atoms with E-state index in [1.807, 2.05) is 17.0 Å². The molecular formula is C16H21N3O. The van der Waals surface area contributed by atoms with Gasteiger partial charge in [-0.25, -0.2) is 0 Å². The number of benzene rings is 1. The van der Waals surface area contributed by atoms with Crippen LogP contribution in [0.5, 0.6) is 0 Å². The Labute approximate surface area is 119 Å². The smallest absolute Gasteiger partial charge is 0.224 e. The Hall–Kier alpha value is -1.81. The number of para-hydroxylation sites is 1. The Morgan fingerprint density at radius 2 is 2.20 bits per heavy atom. The number of nitrogens with zero attached hydrogens (tertiary/aromatic N) is 2. The van der Waals surface area contributed by atoms with Crippen LogP contribution in [0.2, 0.25) is 0 Å². The fourth-order valence-corrected chi connectivity index (χ4v) is 2.87. The van der Waals surface area contributed by atoms with Crippen molar-refractivity contribution < 1.29 is 4.79 Å².